The van der Waals surface area contributed by atoms with Crippen molar-refractivity contribution in [3.8, 4) is 5.88 Å². The maximum atomic E-state index is 12.4. The van der Waals surface area contributed by atoms with Gasteiger partial charge in [0.25, 0.3) is 0 Å². The van der Waals surface area contributed by atoms with Gasteiger partial charge in [0, 0.05) is 28.8 Å². The van der Waals surface area contributed by atoms with Gasteiger partial charge in [0.05, 0.1) is 24.2 Å². The number of hydrogen-bond donors (Lipinski definition) is 2. The number of furan rings is 1. The number of fused-ring (bicyclic) bond motifs is 3. The van der Waals surface area contributed by atoms with Crippen LogP contribution in [0.15, 0.2) is 34.9 Å². The Balaban J connectivity index is 1.49. The summed E-state index contributed by atoms with van der Waals surface area (Å²) < 4.78 is 16.5. The number of hydrogen-bond acceptors (Lipinski definition) is 7. The molecule has 0 spiro atoms. The molecule has 1 atom stereocenters. The van der Waals surface area contributed by atoms with E-state index in [1.807, 2.05) is 12.1 Å². The molecule has 1 fully saturated rings. The molecule has 9 heteroatoms. The number of amides is 3. The molecule has 1 aliphatic heterocycles. The van der Waals surface area contributed by atoms with Gasteiger partial charge in [0.1, 0.15) is 17.8 Å². The smallest absolute Gasteiger partial charge is 0.407 e. The fourth-order valence-corrected chi connectivity index (χ4v) is 3.70. The van der Waals surface area contributed by atoms with Gasteiger partial charge >= 0.3 is 6.09 Å². The minimum absolute atomic E-state index is 0.229. The Hall–Kier alpha value is -3.62. The Kier molecular flexibility index (Phi) is 5.73. The zero-order chi connectivity index (χ0) is 22.9. The van der Waals surface area contributed by atoms with Crippen LogP contribution in [0, 0.1) is 0 Å². The van der Waals surface area contributed by atoms with Crippen LogP contribution in [0.1, 0.15) is 45.1 Å². The second kappa shape index (κ2) is 8.49. The Labute approximate surface area is 184 Å². The van der Waals surface area contributed by atoms with E-state index in [0.717, 1.165) is 16.3 Å². The predicted octanol–water partition coefficient (Wildman–Crippen LogP) is 3.40. The molecule has 3 heterocycles. The van der Waals surface area contributed by atoms with E-state index in [4.69, 9.17) is 13.9 Å². The van der Waals surface area contributed by atoms with Crippen LogP contribution < -0.4 is 15.4 Å². The van der Waals surface area contributed by atoms with Crippen LogP contribution in [0.5, 0.6) is 5.88 Å². The Morgan fingerprint density at radius 1 is 1.25 bits per heavy atom. The Morgan fingerprint density at radius 2 is 2.06 bits per heavy atom. The molecule has 168 valence electrons. The second-order valence-electron chi connectivity index (χ2n) is 8.63. The van der Waals surface area contributed by atoms with Crippen molar-refractivity contribution in [3.05, 3.63) is 36.1 Å². The number of ether oxygens (including phenoxy) is 2. The highest BCUT2D eigenvalue weighted by atomic mass is 16.6. The van der Waals surface area contributed by atoms with Crippen LogP contribution >= 0.6 is 0 Å². The number of carbonyl (C=O) groups is 3. The SMILES string of the molecule is CC(C)(C)OC(=O)NCCOc1ccc2c(ccc3occ([C@@H]4CCC(=O)NC4=O)c32)n1. The summed E-state index contributed by atoms with van der Waals surface area (Å²) in [6.45, 7) is 5.89. The number of pyridine rings is 1. The summed E-state index contributed by atoms with van der Waals surface area (Å²) in [4.78, 5) is 40.1. The molecule has 3 aromatic rings. The lowest BCUT2D eigenvalue weighted by molar-refractivity contribution is -0.134. The third-order valence-corrected chi connectivity index (χ3v) is 5.04. The van der Waals surface area contributed by atoms with E-state index in [0.29, 0.717) is 29.8 Å². The number of benzene rings is 1. The molecular formula is C23H25N3O6. The van der Waals surface area contributed by atoms with Crippen molar-refractivity contribution in [2.24, 2.45) is 0 Å². The van der Waals surface area contributed by atoms with Gasteiger partial charge < -0.3 is 19.2 Å². The monoisotopic (exact) mass is 439 g/mol. The highest BCUT2D eigenvalue weighted by Gasteiger charge is 2.31. The lowest BCUT2D eigenvalue weighted by atomic mass is 9.89. The van der Waals surface area contributed by atoms with Gasteiger partial charge in [0.15, 0.2) is 0 Å². The lowest BCUT2D eigenvalue weighted by Crippen LogP contribution is -2.39. The van der Waals surface area contributed by atoms with Crippen molar-refractivity contribution in [1.29, 1.82) is 0 Å². The normalized spacial score (nSPS) is 16.8. The highest BCUT2D eigenvalue weighted by Crippen LogP contribution is 2.36. The second-order valence-corrected chi connectivity index (χ2v) is 8.63. The molecule has 4 rings (SSSR count). The van der Waals surface area contributed by atoms with E-state index in [-0.39, 0.29) is 25.0 Å². The number of nitrogens with zero attached hydrogens (tertiary/aromatic N) is 1. The first-order chi connectivity index (χ1) is 15.2. The first-order valence-electron chi connectivity index (χ1n) is 10.5. The number of rotatable bonds is 5. The molecule has 3 amide bonds. The maximum Gasteiger partial charge on any atom is 0.407 e. The van der Waals surface area contributed by atoms with Crippen molar-refractivity contribution < 1.29 is 28.3 Å². The number of alkyl carbamates (subject to hydrolysis) is 1. The van der Waals surface area contributed by atoms with Gasteiger partial charge in [0.2, 0.25) is 17.7 Å². The summed E-state index contributed by atoms with van der Waals surface area (Å²) in [6.07, 6.45) is 1.81. The number of imide groups is 1. The molecule has 2 aromatic heterocycles. The summed E-state index contributed by atoms with van der Waals surface area (Å²) >= 11 is 0. The summed E-state index contributed by atoms with van der Waals surface area (Å²) in [5.41, 5.74) is 1.52. The molecule has 0 saturated carbocycles. The molecule has 1 aliphatic rings. The third kappa shape index (κ3) is 4.66. The summed E-state index contributed by atoms with van der Waals surface area (Å²) in [7, 11) is 0. The van der Waals surface area contributed by atoms with Crippen LogP contribution in [0.25, 0.3) is 21.9 Å². The average Bonchev–Trinajstić information content (AvgIpc) is 3.14. The number of nitrogens with one attached hydrogen (secondary N) is 2. The molecule has 0 radical (unpaired) electrons. The minimum Gasteiger partial charge on any atom is -0.476 e. The van der Waals surface area contributed by atoms with Gasteiger partial charge in [-0.3, -0.25) is 14.9 Å². The summed E-state index contributed by atoms with van der Waals surface area (Å²) in [6, 6.07) is 7.22. The molecule has 1 saturated heterocycles. The van der Waals surface area contributed by atoms with Gasteiger partial charge in [-0.1, -0.05) is 0 Å². The standard InChI is InChI=1S/C23H25N3O6/c1-23(2,3)32-22(29)24-10-11-30-19-9-5-14-16(25-19)6-7-17-20(14)15(12-31-17)13-4-8-18(27)26-21(13)28/h5-7,9,12-13H,4,8,10-11H2,1-3H3,(H,24,29)(H,26,27,28)/t13-/m0/s1. The molecule has 1 aromatic carbocycles. The zero-order valence-electron chi connectivity index (χ0n) is 18.2. The fraction of sp³-hybridized carbons (Fsp3) is 0.391. The highest BCUT2D eigenvalue weighted by molar-refractivity contribution is 6.09. The van der Waals surface area contributed by atoms with Crippen molar-refractivity contribution in [2.45, 2.75) is 45.1 Å². The van der Waals surface area contributed by atoms with Crippen LogP contribution in [0.4, 0.5) is 4.79 Å². The van der Waals surface area contributed by atoms with E-state index < -0.39 is 17.6 Å². The molecule has 2 N–H and O–H groups in total. The molecule has 0 unspecified atom stereocenters. The summed E-state index contributed by atoms with van der Waals surface area (Å²) in [5.74, 6) is -0.608. The van der Waals surface area contributed by atoms with Gasteiger partial charge in [-0.2, -0.15) is 0 Å². The minimum atomic E-state index is -0.560. The van der Waals surface area contributed by atoms with Gasteiger partial charge in [-0.25, -0.2) is 9.78 Å². The number of carbonyl (C=O) groups excluding carboxylic acids is 3. The fourth-order valence-electron chi connectivity index (χ4n) is 3.70. The van der Waals surface area contributed by atoms with Crippen LogP contribution in [0.3, 0.4) is 0 Å². The quantitative estimate of drug-likeness (QED) is 0.462. The van der Waals surface area contributed by atoms with Crippen molar-refractivity contribution >= 4 is 39.8 Å². The topological polar surface area (TPSA) is 120 Å². The van der Waals surface area contributed by atoms with Crippen LogP contribution in [-0.2, 0) is 14.3 Å². The van der Waals surface area contributed by atoms with Crippen LogP contribution in [0.2, 0.25) is 0 Å². The Bertz CT molecular complexity index is 1190. The van der Waals surface area contributed by atoms with E-state index in [2.05, 4.69) is 15.6 Å². The molecule has 0 aliphatic carbocycles. The van der Waals surface area contributed by atoms with E-state index in [1.54, 1.807) is 39.2 Å². The van der Waals surface area contributed by atoms with Gasteiger partial charge in [-0.05, 0) is 45.4 Å². The maximum absolute atomic E-state index is 12.4. The van der Waals surface area contributed by atoms with Crippen molar-refractivity contribution in [3.63, 3.8) is 0 Å². The van der Waals surface area contributed by atoms with Crippen LogP contribution in [-0.4, -0.2) is 41.6 Å². The lowest BCUT2D eigenvalue weighted by Gasteiger charge is -2.20. The molecule has 9 nitrogen and oxygen atoms in total. The van der Waals surface area contributed by atoms with Crippen molar-refractivity contribution in [2.75, 3.05) is 13.2 Å². The summed E-state index contributed by atoms with van der Waals surface area (Å²) in [5, 5.41) is 6.66. The largest absolute Gasteiger partial charge is 0.476 e. The Morgan fingerprint density at radius 3 is 2.81 bits per heavy atom. The first-order valence-corrected chi connectivity index (χ1v) is 10.5. The van der Waals surface area contributed by atoms with E-state index >= 15 is 0 Å². The average molecular weight is 439 g/mol. The van der Waals surface area contributed by atoms with E-state index in [1.165, 1.54) is 0 Å². The molecular weight excluding hydrogens is 414 g/mol. The van der Waals surface area contributed by atoms with Crippen molar-refractivity contribution in [1.82, 2.24) is 15.6 Å². The predicted molar refractivity (Wildman–Crippen MR) is 116 cm³/mol. The zero-order valence-corrected chi connectivity index (χ0v) is 18.2. The molecule has 32 heavy (non-hydrogen) atoms. The van der Waals surface area contributed by atoms with Gasteiger partial charge in [-0.15, -0.1) is 0 Å². The van der Waals surface area contributed by atoms with E-state index in [9.17, 15) is 14.4 Å². The first kappa shape index (κ1) is 21.6. The molecule has 0 bridgehead atoms. The number of aromatic nitrogens is 1. The number of piperidine rings is 1. The third-order valence-electron chi connectivity index (χ3n) is 5.04.